The van der Waals surface area contributed by atoms with Crippen LogP contribution < -0.4 is 5.32 Å². The standard InChI is InChI=1S/C33H46N2O6S2/c1-23-9-7-8-12-28(23)30-17-25(13-14-29(30)32(36)34-31(33(37)38)15-16-42-2)19-35-20-27(43(3,39)40)18-26(35)22-41-21-24-10-5-4-6-11-24/h7-9,12-14,17,24,26-27,31H,4-6,10-11,15-16,18-22H2,1-3H3,(H,34,36)(H,37,38)/t26-,27+,31-/m1/s1. The molecule has 1 saturated heterocycles. The Labute approximate surface area is 260 Å². The lowest BCUT2D eigenvalue weighted by molar-refractivity contribution is -0.139. The minimum atomic E-state index is -3.21. The molecule has 1 aliphatic carbocycles. The third kappa shape index (κ3) is 9.30. The van der Waals surface area contributed by atoms with Gasteiger partial charge in [-0.1, -0.05) is 49.6 Å². The first-order valence-corrected chi connectivity index (χ1v) is 18.6. The molecule has 2 fully saturated rings. The van der Waals surface area contributed by atoms with Gasteiger partial charge < -0.3 is 15.2 Å². The molecule has 0 unspecified atom stereocenters. The van der Waals surface area contributed by atoms with E-state index in [-0.39, 0.29) is 6.04 Å². The Morgan fingerprint density at radius 2 is 1.84 bits per heavy atom. The van der Waals surface area contributed by atoms with Gasteiger partial charge >= 0.3 is 5.97 Å². The Morgan fingerprint density at radius 3 is 2.51 bits per heavy atom. The fourth-order valence-electron chi connectivity index (χ4n) is 6.29. The highest BCUT2D eigenvalue weighted by Crippen LogP contribution is 2.31. The quantitative estimate of drug-likeness (QED) is 0.294. The average molecular weight is 631 g/mol. The van der Waals surface area contributed by atoms with Gasteiger partial charge in [0.2, 0.25) is 0 Å². The van der Waals surface area contributed by atoms with Crippen molar-refractivity contribution in [1.82, 2.24) is 10.2 Å². The number of sulfone groups is 1. The lowest BCUT2D eigenvalue weighted by atomic mass is 9.90. The number of rotatable bonds is 14. The van der Waals surface area contributed by atoms with Crippen molar-refractivity contribution in [2.45, 2.75) is 75.7 Å². The average Bonchev–Trinajstić information content (AvgIpc) is 3.39. The molecule has 1 saturated carbocycles. The van der Waals surface area contributed by atoms with Crippen LogP contribution in [0.25, 0.3) is 11.1 Å². The zero-order valence-electron chi connectivity index (χ0n) is 25.6. The van der Waals surface area contributed by atoms with Gasteiger partial charge in [0.05, 0.1) is 11.9 Å². The van der Waals surface area contributed by atoms with E-state index in [0.29, 0.717) is 49.8 Å². The van der Waals surface area contributed by atoms with Crippen molar-refractivity contribution in [2.24, 2.45) is 5.92 Å². The Hall–Kier alpha value is -2.40. The summed E-state index contributed by atoms with van der Waals surface area (Å²) in [6.45, 7) is 4.17. The second-order valence-corrected chi connectivity index (χ2v) is 15.5. The number of hydrogen-bond donors (Lipinski definition) is 2. The maximum absolute atomic E-state index is 13.5. The molecule has 3 atom stereocenters. The predicted molar refractivity (Wildman–Crippen MR) is 173 cm³/mol. The number of thioether (sulfide) groups is 1. The highest BCUT2D eigenvalue weighted by Gasteiger charge is 2.37. The molecule has 1 amide bonds. The summed E-state index contributed by atoms with van der Waals surface area (Å²) in [6.07, 6.45) is 10.3. The van der Waals surface area contributed by atoms with Gasteiger partial charge in [-0.15, -0.1) is 0 Å². The topological polar surface area (TPSA) is 113 Å². The largest absolute Gasteiger partial charge is 0.480 e. The van der Waals surface area contributed by atoms with Crippen molar-refractivity contribution in [3.05, 3.63) is 59.2 Å². The number of carboxylic acid groups (broad SMARTS) is 1. The molecule has 2 aliphatic rings. The maximum Gasteiger partial charge on any atom is 0.326 e. The van der Waals surface area contributed by atoms with Crippen LogP contribution in [-0.4, -0.2) is 85.7 Å². The molecule has 4 rings (SSSR count). The van der Waals surface area contributed by atoms with Crippen LogP contribution in [0.1, 0.15) is 66.4 Å². The third-order valence-electron chi connectivity index (χ3n) is 8.85. The number of amides is 1. The van der Waals surface area contributed by atoms with Crippen molar-refractivity contribution < 1.29 is 27.9 Å². The van der Waals surface area contributed by atoms with E-state index >= 15 is 0 Å². The Balaban J connectivity index is 1.57. The van der Waals surface area contributed by atoms with E-state index in [9.17, 15) is 23.1 Å². The zero-order valence-corrected chi connectivity index (χ0v) is 27.2. The number of carbonyl (C=O) groups is 2. The van der Waals surface area contributed by atoms with Crippen LogP contribution in [0.15, 0.2) is 42.5 Å². The summed E-state index contributed by atoms with van der Waals surface area (Å²) in [7, 11) is -3.21. The fraction of sp³-hybridized carbons (Fsp3) is 0.576. The SMILES string of the molecule is CSCC[C@@H](NC(=O)c1ccc(CN2C[C@@H](S(C)(=O)=O)C[C@@H]2COCC2CCCCC2)cc1-c1ccccc1C)C(=O)O. The third-order valence-corrected chi connectivity index (χ3v) is 11.0. The highest BCUT2D eigenvalue weighted by atomic mass is 32.2. The lowest BCUT2D eigenvalue weighted by Gasteiger charge is -2.27. The van der Waals surface area contributed by atoms with Crippen LogP contribution >= 0.6 is 11.8 Å². The normalized spacial score (nSPS) is 20.6. The molecule has 1 heterocycles. The Morgan fingerprint density at radius 1 is 1.09 bits per heavy atom. The molecule has 10 heteroatoms. The minimum absolute atomic E-state index is 0.0130. The second kappa shape index (κ2) is 15.5. The van der Waals surface area contributed by atoms with Crippen molar-refractivity contribution in [2.75, 3.05) is 38.0 Å². The van der Waals surface area contributed by atoms with E-state index < -0.39 is 33.0 Å². The number of nitrogens with one attached hydrogen (secondary N) is 1. The summed E-state index contributed by atoms with van der Waals surface area (Å²) in [5.41, 5.74) is 3.99. The van der Waals surface area contributed by atoms with E-state index in [1.165, 1.54) is 50.1 Å². The number of carbonyl (C=O) groups excluding carboxylic acids is 1. The number of aryl methyl sites for hydroxylation is 1. The van der Waals surface area contributed by atoms with Gasteiger partial charge in [-0.3, -0.25) is 9.69 Å². The fourth-order valence-corrected chi connectivity index (χ4v) is 7.79. The number of nitrogens with zero attached hydrogens (tertiary/aromatic N) is 1. The summed E-state index contributed by atoms with van der Waals surface area (Å²) in [5, 5.41) is 12.0. The van der Waals surface area contributed by atoms with E-state index in [0.717, 1.165) is 28.9 Å². The van der Waals surface area contributed by atoms with Gasteiger partial charge in [0.1, 0.15) is 6.04 Å². The van der Waals surface area contributed by atoms with Crippen LogP contribution in [0.4, 0.5) is 0 Å². The number of likely N-dealkylation sites (tertiary alicyclic amines) is 1. The van der Waals surface area contributed by atoms with E-state index in [2.05, 4.69) is 10.2 Å². The number of ether oxygens (including phenoxy) is 1. The van der Waals surface area contributed by atoms with E-state index in [1.54, 1.807) is 6.07 Å². The molecule has 8 nitrogen and oxygen atoms in total. The van der Waals surface area contributed by atoms with Crippen LogP contribution in [0.3, 0.4) is 0 Å². The first-order valence-electron chi connectivity index (χ1n) is 15.3. The van der Waals surface area contributed by atoms with Gasteiger partial charge in [0.25, 0.3) is 5.91 Å². The molecule has 0 radical (unpaired) electrons. The summed E-state index contributed by atoms with van der Waals surface area (Å²) < 4.78 is 31.3. The van der Waals surface area contributed by atoms with Crippen LogP contribution in [-0.2, 0) is 25.9 Å². The first-order chi connectivity index (χ1) is 20.6. The van der Waals surface area contributed by atoms with Crippen molar-refractivity contribution >= 4 is 33.5 Å². The smallest absolute Gasteiger partial charge is 0.326 e. The summed E-state index contributed by atoms with van der Waals surface area (Å²) in [4.78, 5) is 27.5. The molecule has 0 bridgehead atoms. The molecular weight excluding hydrogens is 585 g/mol. The Bertz CT molecular complexity index is 1360. The van der Waals surface area contributed by atoms with Gasteiger partial charge in [0.15, 0.2) is 9.84 Å². The molecule has 43 heavy (non-hydrogen) atoms. The number of hydrogen-bond acceptors (Lipinski definition) is 7. The van der Waals surface area contributed by atoms with Gasteiger partial charge in [-0.2, -0.15) is 11.8 Å². The van der Waals surface area contributed by atoms with Gasteiger partial charge in [-0.05, 0) is 84.9 Å². The summed E-state index contributed by atoms with van der Waals surface area (Å²) in [6, 6.07) is 12.5. The molecule has 2 N–H and O–H groups in total. The van der Waals surface area contributed by atoms with Crippen LogP contribution in [0.5, 0.6) is 0 Å². The number of benzene rings is 2. The number of carboxylic acids is 1. The summed E-state index contributed by atoms with van der Waals surface area (Å²) >= 11 is 1.54. The molecule has 2 aromatic carbocycles. The Kier molecular flexibility index (Phi) is 12.1. The van der Waals surface area contributed by atoms with Crippen molar-refractivity contribution in [3.8, 4) is 11.1 Å². The lowest BCUT2D eigenvalue weighted by Crippen LogP contribution is -2.41. The van der Waals surface area contributed by atoms with Gasteiger partial charge in [-0.25, -0.2) is 13.2 Å². The van der Waals surface area contributed by atoms with Crippen LogP contribution in [0, 0.1) is 12.8 Å². The van der Waals surface area contributed by atoms with Crippen molar-refractivity contribution in [3.63, 3.8) is 0 Å². The minimum Gasteiger partial charge on any atom is -0.480 e. The van der Waals surface area contributed by atoms with E-state index in [4.69, 9.17) is 4.74 Å². The van der Waals surface area contributed by atoms with Crippen LogP contribution in [0.2, 0.25) is 0 Å². The zero-order chi connectivity index (χ0) is 31.0. The first kappa shape index (κ1) is 33.5. The molecule has 0 spiro atoms. The predicted octanol–water partition coefficient (Wildman–Crippen LogP) is 5.18. The second-order valence-electron chi connectivity index (χ2n) is 12.2. The molecule has 2 aromatic rings. The van der Waals surface area contributed by atoms with Gasteiger partial charge in [0, 0.05) is 37.6 Å². The monoisotopic (exact) mass is 630 g/mol. The summed E-state index contributed by atoms with van der Waals surface area (Å²) in [5.74, 6) is -0.268. The molecule has 0 aromatic heterocycles. The van der Waals surface area contributed by atoms with Crippen molar-refractivity contribution in [1.29, 1.82) is 0 Å². The molecular formula is C33H46N2O6S2. The molecule has 1 aliphatic heterocycles. The maximum atomic E-state index is 13.5. The van der Waals surface area contributed by atoms with E-state index in [1.807, 2.05) is 49.6 Å². The molecule has 236 valence electrons. The number of aliphatic carboxylic acids is 1. The highest BCUT2D eigenvalue weighted by molar-refractivity contribution is 7.98.